The number of benzene rings is 1. The lowest BCUT2D eigenvalue weighted by Gasteiger charge is -2.04. The minimum Gasteiger partial charge on any atom is -0.276 e. The largest absolute Gasteiger partial charge is 0.276 e. The summed E-state index contributed by atoms with van der Waals surface area (Å²) in [5.41, 5.74) is 2.49. The number of hydrogen-bond acceptors (Lipinski definition) is 2. The highest BCUT2D eigenvalue weighted by Crippen LogP contribution is 2.32. The predicted molar refractivity (Wildman–Crippen MR) is 69.3 cm³/mol. The van der Waals surface area contributed by atoms with Crippen molar-refractivity contribution in [2.45, 2.75) is 0 Å². The van der Waals surface area contributed by atoms with Crippen LogP contribution in [0.4, 0.5) is 0 Å². The molecule has 84 valence electrons. The molecule has 0 radical (unpaired) electrons. The second kappa shape index (κ2) is 4.02. The highest BCUT2D eigenvalue weighted by Gasteiger charge is 2.10. The molecule has 5 heteroatoms. The third kappa shape index (κ3) is 1.77. The average Bonchev–Trinajstić information content (AvgIpc) is 2.77. The quantitative estimate of drug-likeness (QED) is 0.723. The molecule has 1 aromatic carbocycles. The SMILES string of the molecule is Clc1ccc(-c2nccc3cn[nH]c23)c(Cl)c1. The number of aromatic amines is 1. The lowest BCUT2D eigenvalue weighted by molar-refractivity contribution is 1.12. The van der Waals surface area contributed by atoms with Crippen molar-refractivity contribution in [3.8, 4) is 11.3 Å². The van der Waals surface area contributed by atoms with Gasteiger partial charge in [0.1, 0.15) is 0 Å². The van der Waals surface area contributed by atoms with Crippen molar-refractivity contribution in [3.63, 3.8) is 0 Å². The lowest BCUT2D eigenvalue weighted by atomic mass is 10.1. The summed E-state index contributed by atoms with van der Waals surface area (Å²) in [6, 6.07) is 7.24. The maximum absolute atomic E-state index is 6.17. The van der Waals surface area contributed by atoms with Crippen molar-refractivity contribution in [1.82, 2.24) is 15.2 Å². The zero-order valence-corrected chi connectivity index (χ0v) is 10.1. The summed E-state index contributed by atoms with van der Waals surface area (Å²) in [4.78, 5) is 4.34. The Labute approximate surface area is 107 Å². The summed E-state index contributed by atoms with van der Waals surface area (Å²) < 4.78 is 0. The van der Waals surface area contributed by atoms with E-state index in [1.165, 1.54) is 0 Å². The van der Waals surface area contributed by atoms with Gasteiger partial charge < -0.3 is 0 Å². The number of nitrogens with one attached hydrogen (secondary N) is 1. The molecule has 3 nitrogen and oxygen atoms in total. The van der Waals surface area contributed by atoms with Crippen LogP contribution in [-0.2, 0) is 0 Å². The van der Waals surface area contributed by atoms with Gasteiger partial charge in [0.05, 0.1) is 22.4 Å². The number of hydrogen-bond donors (Lipinski definition) is 1. The van der Waals surface area contributed by atoms with E-state index in [9.17, 15) is 0 Å². The van der Waals surface area contributed by atoms with E-state index >= 15 is 0 Å². The van der Waals surface area contributed by atoms with Crippen LogP contribution < -0.4 is 0 Å². The van der Waals surface area contributed by atoms with Crippen molar-refractivity contribution in [1.29, 1.82) is 0 Å². The standard InChI is InChI=1S/C12H7Cl2N3/c13-8-1-2-9(10(14)5-8)12-11-7(3-4-15-12)6-16-17-11/h1-6H,(H,16,17). The monoisotopic (exact) mass is 263 g/mol. The fourth-order valence-electron chi connectivity index (χ4n) is 1.75. The molecule has 17 heavy (non-hydrogen) atoms. The summed E-state index contributed by atoms with van der Waals surface area (Å²) >= 11 is 12.0. The van der Waals surface area contributed by atoms with E-state index < -0.39 is 0 Å². The number of pyridine rings is 1. The topological polar surface area (TPSA) is 41.6 Å². The van der Waals surface area contributed by atoms with Gasteiger partial charge in [-0.15, -0.1) is 0 Å². The molecule has 3 rings (SSSR count). The molecule has 2 aromatic heterocycles. The van der Waals surface area contributed by atoms with Gasteiger partial charge in [-0.2, -0.15) is 5.10 Å². The second-order valence-electron chi connectivity index (χ2n) is 3.62. The van der Waals surface area contributed by atoms with Crippen molar-refractivity contribution < 1.29 is 0 Å². The zero-order chi connectivity index (χ0) is 11.8. The Morgan fingerprint density at radius 1 is 1.12 bits per heavy atom. The molecule has 0 saturated carbocycles. The molecule has 1 N–H and O–H groups in total. The Bertz CT molecular complexity index is 691. The summed E-state index contributed by atoms with van der Waals surface area (Å²) in [5, 5.41) is 9.11. The van der Waals surface area contributed by atoms with Gasteiger partial charge >= 0.3 is 0 Å². The van der Waals surface area contributed by atoms with E-state index in [1.54, 1.807) is 24.5 Å². The van der Waals surface area contributed by atoms with Crippen LogP contribution in [0, 0.1) is 0 Å². The van der Waals surface area contributed by atoms with Gasteiger partial charge in [-0.3, -0.25) is 10.1 Å². The molecule has 0 aliphatic rings. The summed E-state index contributed by atoms with van der Waals surface area (Å²) in [6.07, 6.45) is 3.49. The number of H-pyrrole nitrogens is 1. The maximum Gasteiger partial charge on any atom is 0.0973 e. The Hall–Kier alpha value is -1.58. The van der Waals surface area contributed by atoms with Gasteiger partial charge in [0.25, 0.3) is 0 Å². The van der Waals surface area contributed by atoms with Crippen LogP contribution >= 0.6 is 23.2 Å². The molecule has 0 fully saturated rings. The number of rotatable bonds is 1. The number of aromatic nitrogens is 3. The molecule has 0 amide bonds. The van der Waals surface area contributed by atoms with E-state index in [2.05, 4.69) is 15.2 Å². The first-order valence-electron chi connectivity index (χ1n) is 4.99. The molecule has 0 aliphatic carbocycles. The van der Waals surface area contributed by atoms with E-state index in [1.807, 2.05) is 12.1 Å². The molecule has 0 aliphatic heterocycles. The molecule has 0 bridgehead atoms. The third-order valence-electron chi connectivity index (χ3n) is 2.55. The van der Waals surface area contributed by atoms with Crippen molar-refractivity contribution in [3.05, 3.63) is 46.7 Å². The van der Waals surface area contributed by atoms with Crippen molar-refractivity contribution >= 4 is 34.1 Å². The van der Waals surface area contributed by atoms with Gasteiger partial charge in [-0.25, -0.2) is 0 Å². The maximum atomic E-state index is 6.17. The fourth-order valence-corrected chi connectivity index (χ4v) is 2.25. The number of nitrogens with zero attached hydrogens (tertiary/aromatic N) is 2. The molecule has 0 unspecified atom stereocenters. The van der Waals surface area contributed by atoms with E-state index in [0.29, 0.717) is 10.0 Å². The minimum absolute atomic E-state index is 0.576. The highest BCUT2D eigenvalue weighted by atomic mass is 35.5. The Kier molecular flexibility index (Phi) is 2.50. The van der Waals surface area contributed by atoms with Crippen molar-refractivity contribution in [2.75, 3.05) is 0 Å². The molecule has 0 saturated heterocycles. The van der Waals surface area contributed by atoms with Crippen LogP contribution in [0.1, 0.15) is 0 Å². The predicted octanol–water partition coefficient (Wildman–Crippen LogP) is 3.93. The van der Waals surface area contributed by atoms with Gasteiger partial charge in [0, 0.05) is 22.2 Å². The van der Waals surface area contributed by atoms with Crippen molar-refractivity contribution in [2.24, 2.45) is 0 Å². The highest BCUT2D eigenvalue weighted by molar-refractivity contribution is 6.36. The number of halogens is 2. The Balaban J connectivity index is 2.30. The molecule has 3 aromatic rings. The molecule has 0 atom stereocenters. The summed E-state index contributed by atoms with van der Waals surface area (Å²) in [7, 11) is 0. The van der Waals surface area contributed by atoms with E-state index in [0.717, 1.165) is 22.2 Å². The van der Waals surface area contributed by atoms with Crippen LogP contribution in [0.15, 0.2) is 36.7 Å². The smallest absolute Gasteiger partial charge is 0.0973 e. The van der Waals surface area contributed by atoms with Gasteiger partial charge in [-0.05, 0) is 24.3 Å². The summed E-state index contributed by atoms with van der Waals surface area (Å²) in [5.74, 6) is 0. The molecule has 2 heterocycles. The van der Waals surface area contributed by atoms with Gasteiger partial charge in [-0.1, -0.05) is 23.2 Å². The van der Waals surface area contributed by atoms with Crippen LogP contribution in [0.2, 0.25) is 10.0 Å². The lowest BCUT2D eigenvalue weighted by Crippen LogP contribution is -1.86. The molecular formula is C12H7Cl2N3. The molecule has 0 spiro atoms. The third-order valence-corrected chi connectivity index (χ3v) is 3.10. The van der Waals surface area contributed by atoms with E-state index in [-0.39, 0.29) is 0 Å². The van der Waals surface area contributed by atoms with Crippen LogP contribution in [0.5, 0.6) is 0 Å². The van der Waals surface area contributed by atoms with E-state index in [4.69, 9.17) is 23.2 Å². The average molecular weight is 264 g/mol. The minimum atomic E-state index is 0.576. The fraction of sp³-hybridized carbons (Fsp3) is 0. The van der Waals surface area contributed by atoms with Crippen LogP contribution in [0.3, 0.4) is 0 Å². The first-order chi connectivity index (χ1) is 8.25. The van der Waals surface area contributed by atoms with Gasteiger partial charge in [0.15, 0.2) is 0 Å². The van der Waals surface area contributed by atoms with Crippen LogP contribution in [0.25, 0.3) is 22.2 Å². The zero-order valence-electron chi connectivity index (χ0n) is 8.61. The Morgan fingerprint density at radius 2 is 2.00 bits per heavy atom. The van der Waals surface area contributed by atoms with Crippen LogP contribution in [-0.4, -0.2) is 15.2 Å². The molecular weight excluding hydrogens is 257 g/mol. The van der Waals surface area contributed by atoms with Gasteiger partial charge in [0.2, 0.25) is 0 Å². The normalized spacial score (nSPS) is 10.9. The second-order valence-corrected chi connectivity index (χ2v) is 4.46. The first kappa shape index (κ1) is 10.6. The summed E-state index contributed by atoms with van der Waals surface area (Å²) in [6.45, 7) is 0. The first-order valence-corrected chi connectivity index (χ1v) is 5.75. The Morgan fingerprint density at radius 3 is 2.82 bits per heavy atom. The number of fused-ring (bicyclic) bond motifs is 1.